The van der Waals surface area contributed by atoms with E-state index in [1.807, 2.05) is 4.57 Å². The Morgan fingerprint density at radius 1 is 1.39 bits per heavy atom. The minimum absolute atomic E-state index is 0.280. The number of carbonyl (C=O) groups is 2. The normalized spacial score (nSPS) is 16.3. The molecule has 2 rings (SSSR count). The first kappa shape index (κ1) is 17.3. The predicted octanol–water partition coefficient (Wildman–Crippen LogP) is 2.99. The molecule has 1 amide bonds. The van der Waals surface area contributed by atoms with E-state index in [1.165, 1.54) is 11.1 Å². The van der Waals surface area contributed by atoms with Crippen LogP contribution >= 0.6 is 0 Å². The second kappa shape index (κ2) is 6.22. The minimum Gasteiger partial charge on any atom is -0.479 e. The molecule has 0 aromatic carbocycles. The summed E-state index contributed by atoms with van der Waals surface area (Å²) in [5, 5.41) is 9.75. The Labute approximate surface area is 136 Å². The highest BCUT2D eigenvalue weighted by molar-refractivity contribution is 5.81. The zero-order valence-corrected chi connectivity index (χ0v) is 14.3. The van der Waals surface area contributed by atoms with Crippen molar-refractivity contribution < 1.29 is 19.4 Å². The van der Waals surface area contributed by atoms with Crippen LogP contribution in [0.15, 0.2) is 12.5 Å². The fourth-order valence-corrected chi connectivity index (χ4v) is 2.50. The quantitative estimate of drug-likeness (QED) is 0.900. The maximum absolute atomic E-state index is 12.5. The van der Waals surface area contributed by atoms with Crippen LogP contribution in [0.1, 0.15) is 65.2 Å². The topological polar surface area (TPSA) is 84.7 Å². The average Bonchev–Trinajstić information content (AvgIpc) is 3.11. The zero-order chi connectivity index (χ0) is 17.4. The molecule has 1 aliphatic carbocycles. The molecule has 1 aliphatic rings. The van der Waals surface area contributed by atoms with Crippen LogP contribution in [0.3, 0.4) is 0 Å². The molecule has 1 N–H and O–H groups in total. The van der Waals surface area contributed by atoms with Gasteiger partial charge in [-0.2, -0.15) is 0 Å². The summed E-state index contributed by atoms with van der Waals surface area (Å²) < 4.78 is 7.26. The summed E-state index contributed by atoms with van der Waals surface area (Å²) in [4.78, 5) is 29.8. The minimum atomic E-state index is -1.12. The molecule has 1 unspecified atom stereocenters. The number of carbonyl (C=O) groups excluding carboxylic acids is 1. The Kier molecular flexibility index (Phi) is 4.68. The van der Waals surface area contributed by atoms with Crippen LogP contribution < -0.4 is 0 Å². The largest absolute Gasteiger partial charge is 0.479 e. The van der Waals surface area contributed by atoms with Gasteiger partial charge in [0.05, 0.1) is 18.2 Å². The Morgan fingerprint density at radius 3 is 2.43 bits per heavy atom. The van der Waals surface area contributed by atoms with Crippen LogP contribution in [0.2, 0.25) is 0 Å². The van der Waals surface area contributed by atoms with Gasteiger partial charge in [-0.1, -0.05) is 0 Å². The van der Waals surface area contributed by atoms with E-state index in [0.29, 0.717) is 5.69 Å². The van der Waals surface area contributed by atoms with Crippen LogP contribution in [0.4, 0.5) is 4.79 Å². The van der Waals surface area contributed by atoms with Gasteiger partial charge in [0.25, 0.3) is 0 Å². The fraction of sp³-hybridized carbons (Fsp3) is 0.688. The maximum atomic E-state index is 12.5. The van der Waals surface area contributed by atoms with Gasteiger partial charge in [0.1, 0.15) is 5.60 Å². The third kappa shape index (κ3) is 4.03. The highest BCUT2D eigenvalue weighted by Crippen LogP contribution is 2.38. The van der Waals surface area contributed by atoms with Gasteiger partial charge in [-0.05, 0) is 47.5 Å². The Hall–Kier alpha value is -2.05. The van der Waals surface area contributed by atoms with E-state index in [1.54, 1.807) is 40.9 Å². The number of carboxylic acid groups (broad SMARTS) is 1. The van der Waals surface area contributed by atoms with Crippen molar-refractivity contribution in [3.05, 3.63) is 18.2 Å². The number of hydrogen-bond acceptors (Lipinski definition) is 4. The fourth-order valence-electron chi connectivity index (χ4n) is 2.50. The molecule has 1 atom stereocenters. The second-order valence-corrected chi connectivity index (χ2v) is 7.18. The van der Waals surface area contributed by atoms with Crippen LogP contribution in [0.5, 0.6) is 0 Å². The summed E-state index contributed by atoms with van der Waals surface area (Å²) in [6.07, 6.45) is 4.53. The molecule has 7 nitrogen and oxygen atoms in total. The number of rotatable bonds is 5. The number of aromatic nitrogens is 2. The Balaban J connectivity index is 2.37. The van der Waals surface area contributed by atoms with Gasteiger partial charge >= 0.3 is 12.1 Å². The van der Waals surface area contributed by atoms with Crippen molar-refractivity contribution in [2.24, 2.45) is 0 Å². The molecular formula is C16H25N3O4. The van der Waals surface area contributed by atoms with Gasteiger partial charge in [0.2, 0.25) is 0 Å². The SMILES string of the molecule is CC(C)N(C(=O)OC(C)(C)C)C(C(=O)O)c1cncn1C1CC1. The van der Waals surface area contributed by atoms with Crippen molar-refractivity contribution in [3.63, 3.8) is 0 Å². The van der Waals surface area contributed by atoms with Gasteiger partial charge in [-0.25, -0.2) is 14.6 Å². The zero-order valence-electron chi connectivity index (χ0n) is 14.3. The summed E-state index contributed by atoms with van der Waals surface area (Å²) in [7, 11) is 0. The molecule has 0 spiro atoms. The summed E-state index contributed by atoms with van der Waals surface area (Å²) in [5.41, 5.74) is -0.177. The van der Waals surface area contributed by atoms with E-state index in [9.17, 15) is 14.7 Å². The number of nitrogens with zero attached hydrogens (tertiary/aromatic N) is 3. The number of carboxylic acids is 1. The lowest BCUT2D eigenvalue weighted by atomic mass is 10.1. The van der Waals surface area contributed by atoms with Crippen LogP contribution in [-0.2, 0) is 9.53 Å². The lowest BCUT2D eigenvalue weighted by Crippen LogP contribution is -2.46. The Morgan fingerprint density at radius 2 is 2.00 bits per heavy atom. The van der Waals surface area contributed by atoms with Crippen LogP contribution in [0, 0.1) is 0 Å². The highest BCUT2D eigenvalue weighted by Gasteiger charge is 2.39. The number of aliphatic carboxylic acids is 1. The van der Waals surface area contributed by atoms with E-state index in [0.717, 1.165) is 12.8 Å². The summed E-state index contributed by atoms with van der Waals surface area (Å²) in [6, 6.07) is -1.16. The van der Waals surface area contributed by atoms with Gasteiger partial charge in [-0.3, -0.25) is 4.90 Å². The smallest absolute Gasteiger partial charge is 0.411 e. The van der Waals surface area contributed by atoms with Crippen LogP contribution in [0.25, 0.3) is 0 Å². The molecule has 0 aliphatic heterocycles. The summed E-state index contributed by atoms with van der Waals surface area (Å²) in [5.74, 6) is -1.09. The average molecular weight is 323 g/mol. The van der Waals surface area contributed by atoms with E-state index >= 15 is 0 Å². The van der Waals surface area contributed by atoms with Crippen molar-refractivity contribution in [1.29, 1.82) is 0 Å². The Bertz CT molecular complexity index is 584. The maximum Gasteiger partial charge on any atom is 0.411 e. The second-order valence-electron chi connectivity index (χ2n) is 7.18. The third-order valence-electron chi connectivity index (χ3n) is 3.59. The van der Waals surface area contributed by atoms with Crippen molar-refractivity contribution >= 4 is 12.1 Å². The molecule has 0 saturated heterocycles. The monoisotopic (exact) mass is 323 g/mol. The molecule has 0 radical (unpaired) electrons. The van der Waals surface area contributed by atoms with E-state index < -0.39 is 23.7 Å². The lowest BCUT2D eigenvalue weighted by molar-refractivity contribution is -0.144. The van der Waals surface area contributed by atoms with E-state index in [2.05, 4.69) is 4.98 Å². The van der Waals surface area contributed by atoms with Crippen LogP contribution in [-0.4, -0.2) is 43.3 Å². The summed E-state index contributed by atoms with van der Waals surface area (Å²) in [6.45, 7) is 8.82. The van der Waals surface area contributed by atoms with Crippen molar-refractivity contribution in [2.45, 2.75) is 71.2 Å². The number of hydrogen-bond donors (Lipinski definition) is 1. The highest BCUT2D eigenvalue weighted by atomic mass is 16.6. The van der Waals surface area contributed by atoms with Crippen molar-refractivity contribution in [2.75, 3.05) is 0 Å². The molecule has 1 fully saturated rings. The standard InChI is InChI=1S/C16H25N3O4/c1-10(2)19(15(22)23-16(3,4)5)13(14(20)21)12-8-17-9-18(12)11-6-7-11/h8-11,13H,6-7H2,1-5H3,(H,20,21). The molecule has 1 saturated carbocycles. The number of amides is 1. The van der Waals surface area contributed by atoms with Crippen molar-refractivity contribution in [3.8, 4) is 0 Å². The van der Waals surface area contributed by atoms with E-state index in [-0.39, 0.29) is 12.1 Å². The number of ether oxygens (including phenoxy) is 1. The summed E-state index contributed by atoms with van der Waals surface area (Å²) >= 11 is 0. The van der Waals surface area contributed by atoms with Crippen molar-refractivity contribution in [1.82, 2.24) is 14.5 Å². The first-order chi connectivity index (χ1) is 10.6. The number of imidazole rings is 1. The molecule has 1 aromatic heterocycles. The van der Waals surface area contributed by atoms with Gasteiger partial charge < -0.3 is 14.4 Å². The molecule has 128 valence electrons. The van der Waals surface area contributed by atoms with Gasteiger partial charge in [0, 0.05) is 12.1 Å². The molecule has 7 heteroatoms. The molecule has 0 bridgehead atoms. The van der Waals surface area contributed by atoms with Gasteiger partial charge in [0.15, 0.2) is 6.04 Å². The molecule has 23 heavy (non-hydrogen) atoms. The van der Waals surface area contributed by atoms with E-state index in [4.69, 9.17) is 4.74 Å². The first-order valence-electron chi connectivity index (χ1n) is 7.87. The molecule has 1 aromatic rings. The molecule has 1 heterocycles. The van der Waals surface area contributed by atoms with Gasteiger partial charge in [-0.15, -0.1) is 0 Å². The molecular weight excluding hydrogens is 298 g/mol. The lowest BCUT2D eigenvalue weighted by Gasteiger charge is -2.34. The first-order valence-corrected chi connectivity index (χ1v) is 7.87. The third-order valence-corrected chi connectivity index (χ3v) is 3.59. The predicted molar refractivity (Wildman–Crippen MR) is 84.1 cm³/mol.